The van der Waals surface area contributed by atoms with Gasteiger partial charge in [0.25, 0.3) is 0 Å². The predicted molar refractivity (Wildman–Crippen MR) is 76.5 cm³/mol. The zero-order valence-corrected chi connectivity index (χ0v) is 12.1. The predicted octanol–water partition coefficient (Wildman–Crippen LogP) is 3.08. The molecule has 1 aromatic carbocycles. The number of esters is 1. The molecule has 0 amide bonds. The van der Waals surface area contributed by atoms with Gasteiger partial charge in [-0.15, -0.1) is 0 Å². The van der Waals surface area contributed by atoms with Gasteiger partial charge in [-0.05, 0) is 24.5 Å². The Morgan fingerprint density at radius 2 is 2.11 bits per heavy atom. The molecule has 1 N–H and O–H groups in total. The Bertz CT molecular complexity index is 406. The molecule has 1 rings (SSSR count). The third kappa shape index (κ3) is 4.47. The Hall–Kier alpha value is -1.71. The van der Waals surface area contributed by atoms with Gasteiger partial charge in [0.15, 0.2) is 0 Å². The van der Waals surface area contributed by atoms with E-state index < -0.39 is 0 Å². The van der Waals surface area contributed by atoms with Gasteiger partial charge in [0, 0.05) is 11.8 Å². The Labute approximate surface area is 115 Å². The summed E-state index contributed by atoms with van der Waals surface area (Å²) in [5.74, 6) is 0.740. The first-order valence-corrected chi connectivity index (χ1v) is 6.60. The van der Waals surface area contributed by atoms with Gasteiger partial charge in [-0.2, -0.15) is 0 Å². The molecule has 0 spiro atoms. The van der Waals surface area contributed by atoms with E-state index in [9.17, 15) is 4.79 Å². The van der Waals surface area contributed by atoms with Gasteiger partial charge in [0.1, 0.15) is 11.8 Å². The number of nitrogens with one attached hydrogen (secondary N) is 1. The van der Waals surface area contributed by atoms with E-state index in [1.54, 1.807) is 7.11 Å². The second-order valence-corrected chi connectivity index (χ2v) is 4.64. The van der Waals surface area contributed by atoms with Gasteiger partial charge in [-0.1, -0.05) is 26.3 Å². The number of methoxy groups -OCH3 is 2. The third-order valence-corrected chi connectivity index (χ3v) is 3.16. The van der Waals surface area contributed by atoms with E-state index in [0.717, 1.165) is 24.3 Å². The maximum atomic E-state index is 11.9. The van der Waals surface area contributed by atoms with Crippen LogP contribution < -0.4 is 10.1 Å². The first kappa shape index (κ1) is 15.3. The quantitative estimate of drug-likeness (QED) is 0.770. The van der Waals surface area contributed by atoms with Crippen LogP contribution in [0.1, 0.15) is 26.7 Å². The van der Waals surface area contributed by atoms with Crippen LogP contribution in [0.15, 0.2) is 24.3 Å². The molecule has 2 unspecified atom stereocenters. The third-order valence-electron chi connectivity index (χ3n) is 3.16. The average Bonchev–Trinajstić information content (AvgIpc) is 2.44. The van der Waals surface area contributed by atoms with Crippen molar-refractivity contribution < 1.29 is 14.3 Å². The van der Waals surface area contributed by atoms with Crippen molar-refractivity contribution in [3.63, 3.8) is 0 Å². The highest BCUT2D eigenvalue weighted by Crippen LogP contribution is 2.21. The second-order valence-electron chi connectivity index (χ2n) is 4.64. The molecule has 0 radical (unpaired) electrons. The van der Waals surface area contributed by atoms with E-state index in [2.05, 4.69) is 19.2 Å². The van der Waals surface area contributed by atoms with Crippen LogP contribution in [0, 0.1) is 5.92 Å². The van der Waals surface area contributed by atoms with Gasteiger partial charge < -0.3 is 14.8 Å². The highest BCUT2D eigenvalue weighted by Gasteiger charge is 2.25. The average molecular weight is 265 g/mol. The number of ether oxygens (including phenoxy) is 2. The summed E-state index contributed by atoms with van der Waals surface area (Å²) < 4.78 is 10.1. The Kier molecular flexibility index (Phi) is 6.19. The number of hydrogen-bond acceptors (Lipinski definition) is 4. The van der Waals surface area contributed by atoms with Gasteiger partial charge >= 0.3 is 5.97 Å². The van der Waals surface area contributed by atoms with Crippen LogP contribution in [0.3, 0.4) is 0 Å². The van der Waals surface area contributed by atoms with E-state index in [4.69, 9.17) is 9.47 Å². The van der Waals surface area contributed by atoms with E-state index in [1.165, 1.54) is 7.11 Å². The Morgan fingerprint density at radius 1 is 1.37 bits per heavy atom. The fraction of sp³-hybridized carbons (Fsp3) is 0.533. The molecule has 0 aliphatic rings. The fourth-order valence-corrected chi connectivity index (χ4v) is 2.07. The monoisotopic (exact) mass is 265 g/mol. The van der Waals surface area contributed by atoms with Crippen molar-refractivity contribution in [3.05, 3.63) is 24.3 Å². The molecule has 1 aromatic rings. The fourth-order valence-electron chi connectivity index (χ4n) is 2.07. The summed E-state index contributed by atoms with van der Waals surface area (Å²) >= 11 is 0. The summed E-state index contributed by atoms with van der Waals surface area (Å²) in [7, 11) is 3.04. The molecule has 2 atom stereocenters. The summed E-state index contributed by atoms with van der Waals surface area (Å²) in [6, 6.07) is 7.21. The zero-order valence-electron chi connectivity index (χ0n) is 12.1. The van der Waals surface area contributed by atoms with Crippen LogP contribution in [0.4, 0.5) is 5.69 Å². The number of carbonyl (C=O) groups is 1. The molecular formula is C15H23NO3. The lowest BCUT2D eigenvalue weighted by atomic mass is 9.96. The number of hydrogen-bond donors (Lipinski definition) is 1. The normalized spacial score (nSPS) is 13.5. The van der Waals surface area contributed by atoms with E-state index in [0.29, 0.717) is 0 Å². The van der Waals surface area contributed by atoms with Crippen LogP contribution in [-0.2, 0) is 9.53 Å². The van der Waals surface area contributed by atoms with Crippen molar-refractivity contribution >= 4 is 11.7 Å². The van der Waals surface area contributed by atoms with Gasteiger partial charge in [0.2, 0.25) is 0 Å². The first-order valence-electron chi connectivity index (χ1n) is 6.60. The topological polar surface area (TPSA) is 47.6 Å². The minimum Gasteiger partial charge on any atom is -0.497 e. The van der Waals surface area contributed by atoms with Crippen LogP contribution in [0.25, 0.3) is 0 Å². The Morgan fingerprint density at radius 3 is 2.68 bits per heavy atom. The Balaban J connectivity index is 2.83. The van der Waals surface area contributed by atoms with Crippen LogP contribution >= 0.6 is 0 Å². The lowest BCUT2D eigenvalue weighted by Crippen LogP contribution is -2.36. The van der Waals surface area contributed by atoms with Crippen molar-refractivity contribution in [2.75, 3.05) is 19.5 Å². The minimum absolute atomic E-state index is 0.212. The van der Waals surface area contributed by atoms with Crippen molar-refractivity contribution in [2.45, 2.75) is 32.7 Å². The summed E-state index contributed by atoms with van der Waals surface area (Å²) in [4.78, 5) is 11.9. The molecule has 0 fully saturated rings. The SMILES string of the molecule is CCCC(C)C(Nc1cccc(OC)c1)C(=O)OC. The molecule has 0 aromatic heterocycles. The summed E-state index contributed by atoms with van der Waals surface area (Å²) in [5, 5.41) is 3.23. The number of carbonyl (C=O) groups excluding carboxylic acids is 1. The molecule has 0 heterocycles. The standard InChI is InChI=1S/C15H23NO3/c1-5-7-11(2)14(15(17)19-4)16-12-8-6-9-13(10-12)18-3/h6,8-11,14,16H,5,7H2,1-4H3. The second kappa shape index (κ2) is 7.67. The molecule has 0 aliphatic carbocycles. The van der Waals surface area contributed by atoms with E-state index >= 15 is 0 Å². The summed E-state index contributed by atoms with van der Waals surface area (Å²) in [6.45, 7) is 4.16. The maximum Gasteiger partial charge on any atom is 0.328 e. The molecule has 106 valence electrons. The highest BCUT2D eigenvalue weighted by atomic mass is 16.5. The smallest absolute Gasteiger partial charge is 0.328 e. The lowest BCUT2D eigenvalue weighted by molar-refractivity contribution is -0.142. The largest absolute Gasteiger partial charge is 0.497 e. The van der Waals surface area contributed by atoms with Gasteiger partial charge in [-0.25, -0.2) is 4.79 Å². The lowest BCUT2D eigenvalue weighted by Gasteiger charge is -2.23. The molecule has 0 bridgehead atoms. The molecule has 4 nitrogen and oxygen atoms in total. The maximum absolute atomic E-state index is 11.9. The number of rotatable bonds is 7. The van der Waals surface area contributed by atoms with Crippen molar-refractivity contribution in [3.8, 4) is 5.75 Å². The van der Waals surface area contributed by atoms with Crippen LogP contribution in [-0.4, -0.2) is 26.2 Å². The molecular weight excluding hydrogens is 242 g/mol. The van der Waals surface area contributed by atoms with Crippen LogP contribution in [0.5, 0.6) is 5.75 Å². The van der Waals surface area contributed by atoms with Gasteiger partial charge in [-0.3, -0.25) is 0 Å². The molecule has 19 heavy (non-hydrogen) atoms. The first-order chi connectivity index (χ1) is 9.12. The summed E-state index contributed by atoms with van der Waals surface area (Å²) in [5.41, 5.74) is 0.859. The highest BCUT2D eigenvalue weighted by molar-refractivity contribution is 5.79. The van der Waals surface area contributed by atoms with Crippen molar-refractivity contribution in [1.29, 1.82) is 0 Å². The van der Waals surface area contributed by atoms with Gasteiger partial charge in [0.05, 0.1) is 14.2 Å². The summed E-state index contributed by atoms with van der Waals surface area (Å²) in [6.07, 6.45) is 2.01. The minimum atomic E-state index is -0.336. The van der Waals surface area contributed by atoms with Crippen molar-refractivity contribution in [2.24, 2.45) is 5.92 Å². The zero-order chi connectivity index (χ0) is 14.3. The molecule has 0 aliphatic heterocycles. The van der Waals surface area contributed by atoms with Crippen LogP contribution in [0.2, 0.25) is 0 Å². The van der Waals surface area contributed by atoms with E-state index in [1.807, 2.05) is 24.3 Å². The van der Waals surface area contributed by atoms with Crippen molar-refractivity contribution in [1.82, 2.24) is 0 Å². The molecule has 0 saturated heterocycles. The molecule has 4 heteroatoms. The number of benzene rings is 1. The van der Waals surface area contributed by atoms with E-state index in [-0.39, 0.29) is 17.9 Å². The molecule has 0 saturated carbocycles. The number of anilines is 1.